The van der Waals surface area contributed by atoms with E-state index in [2.05, 4.69) is 32.0 Å². The smallest absolute Gasteiger partial charge is 0.269 e. The van der Waals surface area contributed by atoms with Gasteiger partial charge in [-0.15, -0.1) is 15.3 Å². The minimum absolute atomic E-state index is 0.451. The van der Waals surface area contributed by atoms with Crippen LogP contribution in [0.15, 0.2) is 9.80 Å². The quantitative estimate of drug-likeness (QED) is 0.761. The summed E-state index contributed by atoms with van der Waals surface area (Å²) in [6, 6.07) is 0. The number of aromatic nitrogens is 4. The molecule has 0 saturated heterocycles. The van der Waals surface area contributed by atoms with Gasteiger partial charge in [-0.2, -0.15) is 0 Å². The van der Waals surface area contributed by atoms with Gasteiger partial charge in [0.2, 0.25) is 5.89 Å². The van der Waals surface area contributed by atoms with E-state index in [-0.39, 0.29) is 0 Å². The lowest BCUT2D eigenvalue weighted by molar-refractivity contribution is 0.491. The van der Waals surface area contributed by atoms with Crippen LogP contribution in [0.5, 0.6) is 0 Å². The van der Waals surface area contributed by atoms with Gasteiger partial charge in [0.1, 0.15) is 0 Å². The number of nitrogens with zero attached hydrogens (tertiary/aromatic N) is 4. The van der Waals surface area contributed by atoms with Crippen molar-refractivity contribution >= 4 is 11.5 Å². The summed E-state index contributed by atoms with van der Waals surface area (Å²) in [5.74, 6) is 1.10. The molecule has 0 amide bonds. The maximum absolute atomic E-state index is 5.46. The van der Waals surface area contributed by atoms with E-state index in [1.165, 1.54) is 11.5 Å². The molecule has 0 fully saturated rings. The van der Waals surface area contributed by atoms with Gasteiger partial charge in [0.15, 0.2) is 5.69 Å². The Morgan fingerprint density at radius 1 is 1.38 bits per heavy atom. The van der Waals surface area contributed by atoms with E-state index in [1.807, 2.05) is 0 Å². The van der Waals surface area contributed by atoms with Gasteiger partial charge < -0.3 is 9.73 Å². The summed E-state index contributed by atoms with van der Waals surface area (Å²) < 4.78 is 9.21. The van der Waals surface area contributed by atoms with Gasteiger partial charge in [-0.1, -0.05) is 11.4 Å². The molecule has 0 aliphatic heterocycles. The van der Waals surface area contributed by atoms with E-state index in [0.717, 1.165) is 25.9 Å². The molecule has 0 atom stereocenters. The minimum Gasteiger partial charge on any atom is -0.419 e. The minimum atomic E-state index is 0.451. The molecule has 0 spiro atoms. The molecule has 16 heavy (non-hydrogen) atoms. The van der Waals surface area contributed by atoms with Crippen LogP contribution in [0.1, 0.15) is 19.2 Å². The van der Waals surface area contributed by atoms with Crippen molar-refractivity contribution in [1.82, 2.24) is 25.1 Å². The standard InChI is InChI=1S/C9H13N5OS/c1-2-10-5-3-4-8-12-13-9(15-8)7-6-16-14-11-7/h6,10H,2-5H2,1H3. The van der Waals surface area contributed by atoms with Gasteiger partial charge in [0.05, 0.1) is 0 Å². The third-order valence-corrected chi connectivity index (χ3v) is 2.54. The molecule has 2 heterocycles. The molecule has 2 rings (SSSR count). The zero-order chi connectivity index (χ0) is 11.2. The summed E-state index contributed by atoms with van der Waals surface area (Å²) in [5.41, 5.74) is 0.649. The normalized spacial score (nSPS) is 10.8. The van der Waals surface area contributed by atoms with Crippen molar-refractivity contribution in [2.75, 3.05) is 13.1 Å². The van der Waals surface area contributed by atoms with Crippen molar-refractivity contribution in [2.45, 2.75) is 19.8 Å². The molecule has 2 aromatic heterocycles. The van der Waals surface area contributed by atoms with Crippen molar-refractivity contribution in [2.24, 2.45) is 0 Å². The lowest BCUT2D eigenvalue weighted by Crippen LogP contribution is -2.14. The van der Waals surface area contributed by atoms with E-state index in [4.69, 9.17) is 4.42 Å². The lowest BCUT2D eigenvalue weighted by Gasteiger charge is -1.97. The zero-order valence-corrected chi connectivity index (χ0v) is 9.83. The Morgan fingerprint density at radius 2 is 2.31 bits per heavy atom. The molecule has 0 radical (unpaired) electrons. The second-order valence-corrected chi connectivity index (χ2v) is 3.86. The van der Waals surface area contributed by atoms with Crippen LogP contribution in [0.2, 0.25) is 0 Å². The predicted molar refractivity (Wildman–Crippen MR) is 60.1 cm³/mol. The monoisotopic (exact) mass is 239 g/mol. The van der Waals surface area contributed by atoms with Crippen molar-refractivity contribution in [3.05, 3.63) is 11.3 Å². The van der Waals surface area contributed by atoms with E-state index in [9.17, 15) is 0 Å². The van der Waals surface area contributed by atoms with Crippen LogP contribution < -0.4 is 5.32 Å². The number of hydrogen-bond donors (Lipinski definition) is 1. The topological polar surface area (TPSA) is 76.7 Å². The van der Waals surface area contributed by atoms with Crippen LogP contribution in [0.3, 0.4) is 0 Å². The Bertz CT molecular complexity index is 413. The first-order valence-corrected chi connectivity index (χ1v) is 6.04. The molecule has 0 unspecified atom stereocenters. The zero-order valence-electron chi connectivity index (χ0n) is 9.01. The first kappa shape index (κ1) is 11.2. The Kier molecular flexibility index (Phi) is 3.95. The fourth-order valence-electron chi connectivity index (χ4n) is 1.26. The average molecular weight is 239 g/mol. The maximum atomic E-state index is 5.46. The third-order valence-electron chi connectivity index (χ3n) is 2.04. The Hall–Kier alpha value is -1.34. The van der Waals surface area contributed by atoms with Gasteiger partial charge in [0.25, 0.3) is 5.89 Å². The van der Waals surface area contributed by atoms with Gasteiger partial charge in [0, 0.05) is 11.8 Å². The van der Waals surface area contributed by atoms with Gasteiger partial charge >= 0.3 is 0 Å². The van der Waals surface area contributed by atoms with Crippen molar-refractivity contribution < 1.29 is 4.42 Å². The van der Waals surface area contributed by atoms with Crippen LogP contribution in [0.25, 0.3) is 11.6 Å². The molecule has 86 valence electrons. The van der Waals surface area contributed by atoms with Crippen molar-refractivity contribution in [1.29, 1.82) is 0 Å². The summed E-state index contributed by atoms with van der Waals surface area (Å²) in [7, 11) is 0. The molecular weight excluding hydrogens is 226 g/mol. The summed E-state index contributed by atoms with van der Waals surface area (Å²) in [6.45, 7) is 4.03. The molecule has 1 N–H and O–H groups in total. The second-order valence-electron chi connectivity index (χ2n) is 3.25. The number of rotatable bonds is 6. The van der Waals surface area contributed by atoms with E-state index in [0.29, 0.717) is 17.5 Å². The van der Waals surface area contributed by atoms with Crippen LogP contribution in [-0.2, 0) is 6.42 Å². The highest BCUT2D eigenvalue weighted by molar-refractivity contribution is 7.03. The molecule has 0 bridgehead atoms. The molecule has 0 saturated carbocycles. The second kappa shape index (κ2) is 5.66. The summed E-state index contributed by atoms with van der Waals surface area (Å²) in [6.07, 6.45) is 1.78. The number of hydrogen-bond acceptors (Lipinski definition) is 7. The highest BCUT2D eigenvalue weighted by atomic mass is 32.1. The molecule has 7 heteroatoms. The van der Waals surface area contributed by atoms with Gasteiger partial charge in [-0.05, 0) is 31.0 Å². The molecule has 0 aliphatic carbocycles. The van der Waals surface area contributed by atoms with Crippen molar-refractivity contribution in [3.8, 4) is 11.6 Å². The molecular formula is C9H13N5OS. The van der Waals surface area contributed by atoms with Gasteiger partial charge in [-0.25, -0.2) is 0 Å². The SMILES string of the molecule is CCNCCCc1nnc(-c2csnn2)o1. The Labute approximate surface area is 97.3 Å². The highest BCUT2D eigenvalue weighted by Crippen LogP contribution is 2.16. The summed E-state index contributed by atoms with van der Waals surface area (Å²) in [4.78, 5) is 0. The van der Waals surface area contributed by atoms with Gasteiger partial charge in [-0.3, -0.25) is 0 Å². The highest BCUT2D eigenvalue weighted by Gasteiger charge is 2.10. The average Bonchev–Trinajstić information content (AvgIpc) is 2.94. The predicted octanol–water partition coefficient (Wildman–Crippen LogP) is 1.13. The van der Waals surface area contributed by atoms with Crippen LogP contribution in [0.4, 0.5) is 0 Å². The summed E-state index contributed by atoms with van der Waals surface area (Å²) in [5, 5.41) is 16.8. The van der Waals surface area contributed by atoms with Crippen LogP contribution >= 0.6 is 11.5 Å². The third kappa shape index (κ3) is 2.83. The first-order valence-electron chi connectivity index (χ1n) is 5.20. The lowest BCUT2D eigenvalue weighted by atomic mass is 10.3. The van der Waals surface area contributed by atoms with E-state index < -0.39 is 0 Å². The summed E-state index contributed by atoms with van der Waals surface area (Å²) >= 11 is 1.27. The van der Waals surface area contributed by atoms with Crippen molar-refractivity contribution in [3.63, 3.8) is 0 Å². The molecule has 6 nitrogen and oxygen atoms in total. The molecule has 0 aliphatic rings. The number of nitrogens with one attached hydrogen (secondary N) is 1. The molecule has 0 aromatic carbocycles. The van der Waals surface area contributed by atoms with Crippen LogP contribution in [0, 0.1) is 0 Å². The first-order chi connectivity index (χ1) is 7.90. The largest absolute Gasteiger partial charge is 0.419 e. The Morgan fingerprint density at radius 3 is 3.06 bits per heavy atom. The number of aryl methyl sites for hydroxylation is 1. The van der Waals surface area contributed by atoms with E-state index >= 15 is 0 Å². The maximum Gasteiger partial charge on any atom is 0.269 e. The Balaban J connectivity index is 1.88. The molecule has 2 aromatic rings. The fraction of sp³-hybridized carbons (Fsp3) is 0.556. The van der Waals surface area contributed by atoms with E-state index in [1.54, 1.807) is 5.38 Å². The fourth-order valence-corrected chi connectivity index (χ4v) is 1.69. The van der Waals surface area contributed by atoms with Crippen LogP contribution in [-0.4, -0.2) is 32.9 Å².